The summed E-state index contributed by atoms with van der Waals surface area (Å²) in [5.74, 6) is -0.573. The summed E-state index contributed by atoms with van der Waals surface area (Å²) in [6, 6.07) is 12.1. The van der Waals surface area contributed by atoms with Crippen molar-refractivity contribution in [3.8, 4) is 0 Å². The highest BCUT2D eigenvalue weighted by Crippen LogP contribution is 2.28. The summed E-state index contributed by atoms with van der Waals surface area (Å²) >= 11 is 0. The lowest BCUT2D eigenvalue weighted by atomic mass is 10.1. The van der Waals surface area contributed by atoms with Crippen LogP contribution in [0.1, 0.15) is 24.2 Å². The summed E-state index contributed by atoms with van der Waals surface area (Å²) in [4.78, 5) is 16.2. The van der Waals surface area contributed by atoms with E-state index in [2.05, 4.69) is 4.90 Å². The van der Waals surface area contributed by atoms with Crippen molar-refractivity contribution in [2.45, 2.75) is 20.0 Å². The monoisotopic (exact) mass is 357 g/mol. The van der Waals surface area contributed by atoms with E-state index >= 15 is 0 Å². The molecule has 1 aliphatic heterocycles. The quantitative estimate of drug-likeness (QED) is 0.672. The van der Waals surface area contributed by atoms with Crippen molar-refractivity contribution in [1.82, 2.24) is 0 Å². The summed E-state index contributed by atoms with van der Waals surface area (Å²) in [5, 5.41) is 0. The Morgan fingerprint density at radius 1 is 1.04 bits per heavy atom. The molecule has 0 saturated carbocycles. The fraction of sp³-hybridized carbons (Fsp3) is 0.350. The first-order valence-corrected chi connectivity index (χ1v) is 8.80. The van der Waals surface area contributed by atoms with E-state index in [9.17, 15) is 9.18 Å². The highest BCUT2D eigenvalue weighted by molar-refractivity contribution is 5.92. The number of carbonyl (C=O) groups is 1. The highest BCUT2D eigenvalue weighted by Gasteiger charge is 2.21. The molecule has 26 heavy (non-hydrogen) atoms. The molecule has 0 amide bonds. The minimum Gasteiger partial charge on any atom is -0.459 e. The van der Waals surface area contributed by atoms with Gasteiger partial charge < -0.3 is 20.3 Å². The van der Waals surface area contributed by atoms with Gasteiger partial charge in [-0.1, -0.05) is 12.1 Å². The van der Waals surface area contributed by atoms with Crippen LogP contribution in [0.25, 0.3) is 0 Å². The van der Waals surface area contributed by atoms with E-state index in [4.69, 9.17) is 10.5 Å². The molecule has 138 valence electrons. The maximum atomic E-state index is 13.9. The summed E-state index contributed by atoms with van der Waals surface area (Å²) in [7, 11) is 0. The normalized spacial score (nSPS) is 14.6. The molecule has 2 aromatic carbocycles. The van der Waals surface area contributed by atoms with E-state index in [1.807, 2.05) is 30.9 Å². The Morgan fingerprint density at radius 3 is 2.23 bits per heavy atom. The zero-order valence-electron chi connectivity index (χ0n) is 15.1. The van der Waals surface area contributed by atoms with Crippen LogP contribution >= 0.6 is 0 Å². The molecule has 2 aromatic rings. The van der Waals surface area contributed by atoms with E-state index in [1.54, 1.807) is 24.3 Å². The van der Waals surface area contributed by atoms with Gasteiger partial charge in [0.05, 0.1) is 28.7 Å². The number of ether oxygens (including phenoxy) is 1. The topological polar surface area (TPSA) is 58.8 Å². The number of carbonyl (C=O) groups excluding carboxylic acids is 1. The van der Waals surface area contributed by atoms with Crippen LogP contribution in [0.2, 0.25) is 0 Å². The first-order valence-electron chi connectivity index (χ1n) is 8.80. The standard InChI is InChI=1S/C20H24FN3O2/c1-14(2)26-20(25)15-7-8-19(17(22)13-15)24-11-9-23(10-12-24)18-6-4-3-5-16(18)21/h3-8,13-14H,9-12,22H2,1-2H3. The molecule has 0 aliphatic carbocycles. The van der Waals surface area contributed by atoms with Gasteiger partial charge in [0.15, 0.2) is 0 Å². The van der Waals surface area contributed by atoms with Crippen LogP contribution in [-0.2, 0) is 4.74 Å². The Kier molecular flexibility index (Phi) is 5.30. The zero-order chi connectivity index (χ0) is 18.7. The molecule has 1 saturated heterocycles. The number of esters is 1. The molecule has 1 fully saturated rings. The molecule has 0 unspecified atom stereocenters. The minimum absolute atomic E-state index is 0.171. The van der Waals surface area contributed by atoms with Gasteiger partial charge in [0, 0.05) is 26.2 Å². The molecule has 0 aromatic heterocycles. The highest BCUT2D eigenvalue weighted by atomic mass is 19.1. The van der Waals surface area contributed by atoms with Crippen LogP contribution < -0.4 is 15.5 Å². The Hall–Kier alpha value is -2.76. The second-order valence-corrected chi connectivity index (χ2v) is 6.65. The number of hydrogen-bond acceptors (Lipinski definition) is 5. The number of piperazine rings is 1. The Bertz CT molecular complexity index is 786. The van der Waals surface area contributed by atoms with Crippen LogP contribution in [0, 0.1) is 5.82 Å². The molecular formula is C20H24FN3O2. The van der Waals surface area contributed by atoms with E-state index in [1.165, 1.54) is 6.07 Å². The smallest absolute Gasteiger partial charge is 0.338 e. The van der Waals surface area contributed by atoms with Crippen LogP contribution in [0.15, 0.2) is 42.5 Å². The van der Waals surface area contributed by atoms with E-state index < -0.39 is 0 Å². The average molecular weight is 357 g/mol. The first kappa shape index (κ1) is 18.0. The van der Waals surface area contributed by atoms with Gasteiger partial charge in [0.1, 0.15) is 5.82 Å². The third kappa shape index (κ3) is 3.90. The Balaban J connectivity index is 1.68. The number of para-hydroxylation sites is 1. The summed E-state index contributed by atoms with van der Waals surface area (Å²) < 4.78 is 19.2. The Labute approximate surface area is 153 Å². The van der Waals surface area contributed by atoms with E-state index in [0.29, 0.717) is 30.0 Å². The molecule has 3 rings (SSSR count). The summed E-state index contributed by atoms with van der Waals surface area (Å²) in [5.41, 5.74) is 8.68. The number of hydrogen-bond donors (Lipinski definition) is 1. The number of nitrogens with two attached hydrogens (primary N) is 1. The van der Waals surface area contributed by atoms with Crippen LogP contribution in [0.5, 0.6) is 0 Å². The fourth-order valence-electron chi connectivity index (χ4n) is 3.15. The number of benzene rings is 2. The lowest BCUT2D eigenvalue weighted by Gasteiger charge is -2.38. The lowest BCUT2D eigenvalue weighted by molar-refractivity contribution is 0.0378. The number of anilines is 3. The zero-order valence-corrected chi connectivity index (χ0v) is 15.1. The fourth-order valence-corrected chi connectivity index (χ4v) is 3.15. The number of halogens is 1. The molecule has 1 aliphatic rings. The molecule has 5 nitrogen and oxygen atoms in total. The molecule has 0 bridgehead atoms. The van der Waals surface area contributed by atoms with Crippen molar-refractivity contribution < 1.29 is 13.9 Å². The maximum Gasteiger partial charge on any atom is 0.338 e. The molecule has 1 heterocycles. The molecule has 0 spiro atoms. The average Bonchev–Trinajstić information content (AvgIpc) is 2.62. The molecule has 0 atom stereocenters. The predicted molar refractivity (Wildman–Crippen MR) is 102 cm³/mol. The largest absolute Gasteiger partial charge is 0.459 e. The van der Waals surface area contributed by atoms with Crippen molar-refractivity contribution in [3.63, 3.8) is 0 Å². The lowest BCUT2D eigenvalue weighted by Crippen LogP contribution is -2.47. The van der Waals surface area contributed by atoms with Gasteiger partial charge in [0.2, 0.25) is 0 Å². The minimum atomic E-state index is -0.373. The van der Waals surface area contributed by atoms with Crippen LogP contribution in [-0.4, -0.2) is 38.3 Å². The van der Waals surface area contributed by atoms with Crippen molar-refractivity contribution in [3.05, 3.63) is 53.8 Å². The summed E-state index contributed by atoms with van der Waals surface area (Å²) in [6.07, 6.45) is -0.171. The Morgan fingerprint density at radius 2 is 1.65 bits per heavy atom. The van der Waals surface area contributed by atoms with Crippen molar-refractivity contribution >= 4 is 23.0 Å². The van der Waals surface area contributed by atoms with Crippen LogP contribution in [0.3, 0.4) is 0 Å². The SMILES string of the molecule is CC(C)OC(=O)c1ccc(N2CCN(c3ccccc3F)CC2)c(N)c1. The molecule has 2 N–H and O–H groups in total. The molecule has 6 heteroatoms. The van der Waals surface area contributed by atoms with E-state index in [-0.39, 0.29) is 17.9 Å². The van der Waals surface area contributed by atoms with Crippen molar-refractivity contribution in [1.29, 1.82) is 0 Å². The van der Waals surface area contributed by atoms with Gasteiger partial charge in [0.25, 0.3) is 0 Å². The number of rotatable bonds is 4. The number of nitrogens with zero attached hydrogens (tertiary/aromatic N) is 2. The van der Waals surface area contributed by atoms with Gasteiger partial charge >= 0.3 is 5.97 Å². The van der Waals surface area contributed by atoms with Crippen molar-refractivity contribution in [2.75, 3.05) is 41.7 Å². The summed E-state index contributed by atoms with van der Waals surface area (Å²) in [6.45, 7) is 6.49. The number of nitrogen functional groups attached to an aromatic ring is 1. The van der Waals surface area contributed by atoms with Gasteiger partial charge in [-0.05, 0) is 44.2 Å². The van der Waals surface area contributed by atoms with Gasteiger partial charge in [-0.2, -0.15) is 0 Å². The third-order valence-corrected chi connectivity index (χ3v) is 4.42. The second-order valence-electron chi connectivity index (χ2n) is 6.65. The van der Waals surface area contributed by atoms with Crippen LogP contribution in [0.4, 0.5) is 21.5 Å². The second kappa shape index (κ2) is 7.64. The molecular weight excluding hydrogens is 333 g/mol. The van der Waals surface area contributed by atoms with Gasteiger partial charge in [-0.25, -0.2) is 9.18 Å². The molecule has 0 radical (unpaired) electrons. The van der Waals surface area contributed by atoms with Crippen molar-refractivity contribution in [2.24, 2.45) is 0 Å². The van der Waals surface area contributed by atoms with Gasteiger partial charge in [-0.15, -0.1) is 0 Å². The first-order chi connectivity index (χ1) is 12.5. The predicted octanol–water partition coefficient (Wildman–Crippen LogP) is 3.30. The van der Waals surface area contributed by atoms with E-state index in [0.717, 1.165) is 18.8 Å². The maximum absolute atomic E-state index is 13.9. The van der Waals surface area contributed by atoms with Gasteiger partial charge in [-0.3, -0.25) is 0 Å². The third-order valence-electron chi connectivity index (χ3n) is 4.42.